The Labute approximate surface area is 127 Å². The van der Waals surface area contributed by atoms with Gasteiger partial charge in [-0.25, -0.2) is 0 Å². The number of halogens is 1. The van der Waals surface area contributed by atoms with E-state index in [2.05, 4.69) is 45.1 Å². The fraction of sp³-hybridized carbons (Fsp3) is 0.333. The number of aromatic nitrogens is 2. The highest BCUT2D eigenvalue weighted by atomic mass is 79.9. The zero-order valence-electron chi connectivity index (χ0n) is 11.6. The quantitative estimate of drug-likeness (QED) is 0.863. The van der Waals surface area contributed by atoms with Crippen molar-refractivity contribution in [2.45, 2.75) is 26.3 Å². The number of nitrogens with one attached hydrogen (secondary N) is 1. The summed E-state index contributed by atoms with van der Waals surface area (Å²) >= 11 is 3.36. The van der Waals surface area contributed by atoms with Crippen LogP contribution in [0.5, 0.6) is 11.5 Å². The Morgan fingerprint density at radius 3 is 2.75 bits per heavy atom. The zero-order chi connectivity index (χ0) is 14.4. The van der Waals surface area contributed by atoms with Crippen molar-refractivity contribution in [3.63, 3.8) is 0 Å². The first-order chi connectivity index (χ1) is 9.69. The molecule has 0 spiro atoms. The van der Waals surface area contributed by atoms with Crippen LogP contribution in [0.4, 0.5) is 0 Å². The van der Waals surface area contributed by atoms with Crippen LogP contribution < -0.4 is 10.1 Å². The topological polar surface area (TPSA) is 47.0 Å². The maximum Gasteiger partial charge on any atom is 0.146 e. The predicted octanol–water partition coefficient (Wildman–Crippen LogP) is 4.09. The van der Waals surface area contributed by atoms with Crippen molar-refractivity contribution < 1.29 is 4.74 Å². The number of nitrogens with zero attached hydrogens (tertiary/aromatic N) is 2. The molecule has 106 valence electrons. The summed E-state index contributed by atoms with van der Waals surface area (Å²) in [5.41, 5.74) is 1.01. The van der Waals surface area contributed by atoms with Gasteiger partial charge in [0.25, 0.3) is 0 Å². The Balaban J connectivity index is 2.01. The fourth-order valence-electron chi connectivity index (χ4n) is 1.76. The summed E-state index contributed by atoms with van der Waals surface area (Å²) in [5, 5.41) is 3.41. The fourth-order valence-corrected chi connectivity index (χ4v) is 2.10. The molecule has 0 aliphatic carbocycles. The van der Waals surface area contributed by atoms with Crippen LogP contribution in [-0.4, -0.2) is 16.5 Å². The van der Waals surface area contributed by atoms with Gasteiger partial charge in [0.1, 0.15) is 11.5 Å². The first-order valence-corrected chi connectivity index (χ1v) is 7.46. The van der Waals surface area contributed by atoms with Gasteiger partial charge in [-0.05, 0) is 54.0 Å². The maximum atomic E-state index is 5.70. The standard InChI is InChI=1S/C15H18BrN3O/c1-3-6-18-11(2)15-5-4-13(10-19-15)20-14-7-12(16)8-17-9-14/h4-5,7-11,18H,3,6H2,1-2H3. The van der Waals surface area contributed by atoms with Gasteiger partial charge in [-0.15, -0.1) is 0 Å². The van der Waals surface area contributed by atoms with Crippen molar-refractivity contribution >= 4 is 15.9 Å². The van der Waals surface area contributed by atoms with E-state index in [1.54, 1.807) is 18.6 Å². The highest BCUT2D eigenvalue weighted by molar-refractivity contribution is 9.10. The van der Waals surface area contributed by atoms with Crippen LogP contribution in [0.2, 0.25) is 0 Å². The summed E-state index contributed by atoms with van der Waals surface area (Å²) in [6.07, 6.45) is 6.24. The van der Waals surface area contributed by atoms with Gasteiger partial charge in [0.05, 0.1) is 18.1 Å². The molecule has 1 atom stereocenters. The lowest BCUT2D eigenvalue weighted by molar-refractivity contribution is 0.475. The number of hydrogen-bond donors (Lipinski definition) is 1. The summed E-state index contributed by atoms with van der Waals surface area (Å²) in [6, 6.07) is 6.02. The minimum Gasteiger partial charge on any atom is -0.454 e. The van der Waals surface area contributed by atoms with Crippen LogP contribution in [0.25, 0.3) is 0 Å². The summed E-state index contributed by atoms with van der Waals surface area (Å²) in [6.45, 7) is 5.25. The molecule has 5 heteroatoms. The number of hydrogen-bond acceptors (Lipinski definition) is 4. The van der Waals surface area contributed by atoms with Crippen molar-refractivity contribution in [2.75, 3.05) is 6.54 Å². The maximum absolute atomic E-state index is 5.70. The van der Waals surface area contributed by atoms with Crippen molar-refractivity contribution in [2.24, 2.45) is 0 Å². The third kappa shape index (κ3) is 4.28. The number of ether oxygens (including phenoxy) is 1. The molecule has 0 saturated heterocycles. The molecule has 2 aromatic heterocycles. The van der Waals surface area contributed by atoms with Crippen molar-refractivity contribution in [1.82, 2.24) is 15.3 Å². The lowest BCUT2D eigenvalue weighted by atomic mass is 10.2. The Kier molecular flexibility index (Phi) is 5.49. The Hall–Kier alpha value is -1.46. The SMILES string of the molecule is CCCNC(C)c1ccc(Oc2cncc(Br)c2)cn1. The Morgan fingerprint density at radius 2 is 2.10 bits per heavy atom. The highest BCUT2D eigenvalue weighted by Gasteiger charge is 2.06. The van der Waals surface area contributed by atoms with Gasteiger partial charge in [-0.1, -0.05) is 6.92 Å². The number of pyridine rings is 2. The molecule has 0 amide bonds. The monoisotopic (exact) mass is 335 g/mol. The van der Waals surface area contributed by atoms with E-state index < -0.39 is 0 Å². The Bertz CT molecular complexity index is 545. The summed E-state index contributed by atoms with van der Waals surface area (Å²) < 4.78 is 6.59. The third-order valence-electron chi connectivity index (χ3n) is 2.82. The highest BCUT2D eigenvalue weighted by Crippen LogP contribution is 2.23. The van der Waals surface area contributed by atoms with Gasteiger partial charge in [-0.3, -0.25) is 9.97 Å². The molecule has 0 fully saturated rings. The summed E-state index contributed by atoms with van der Waals surface area (Å²) in [7, 11) is 0. The van der Waals surface area contributed by atoms with E-state index in [-0.39, 0.29) is 6.04 Å². The normalized spacial score (nSPS) is 12.2. The molecular formula is C15H18BrN3O. The van der Waals surface area contributed by atoms with Gasteiger partial charge in [-0.2, -0.15) is 0 Å². The average molecular weight is 336 g/mol. The largest absolute Gasteiger partial charge is 0.454 e. The third-order valence-corrected chi connectivity index (χ3v) is 3.25. The molecule has 0 bridgehead atoms. The summed E-state index contributed by atoms with van der Waals surface area (Å²) in [5.74, 6) is 1.39. The van der Waals surface area contributed by atoms with Crippen molar-refractivity contribution in [3.8, 4) is 11.5 Å². The van der Waals surface area contributed by atoms with Crippen LogP contribution in [0, 0.1) is 0 Å². The first kappa shape index (κ1) is 14.9. The molecule has 0 aliphatic heterocycles. The van der Waals surface area contributed by atoms with Crippen LogP contribution in [-0.2, 0) is 0 Å². The molecular weight excluding hydrogens is 318 g/mol. The molecule has 1 N–H and O–H groups in total. The second-order valence-electron chi connectivity index (χ2n) is 4.54. The van der Waals surface area contributed by atoms with Crippen LogP contribution >= 0.6 is 15.9 Å². The molecule has 0 aliphatic rings. The smallest absolute Gasteiger partial charge is 0.146 e. The predicted molar refractivity (Wildman–Crippen MR) is 83.0 cm³/mol. The molecule has 1 unspecified atom stereocenters. The second-order valence-corrected chi connectivity index (χ2v) is 5.45. The van der Waals surface area contributed by atoms with Crippen molar-refractivity contribution in [1.29, 1.82) is 0 Å². The van der Waals surface area contributed by atoms with E-state index in [0.717, 1.165) is 23.1 Å². The van der Waals surface area contributed by atoms with Crippen molar-refractivity contribution in [3.05, 3.63) is 47.0 Å². The van der Waals surface area contributed by atoms with Gasteiger partial charge < -0.3 is 10.1 Å². The first-order valence-electron chi connectivity index (χ1n) is 6.66. The van der Waals surface area contributed by atoms with Gasteiger partial charge in [0.2, 0.25) is 0 Å². The lowest BCUT2D eigenvalue weighted by Crippen LogP contribution is -2.20. The lowest BCUT2D eigenvalue weighted by Gasteiger charge is -2.13. The molecule has 2 heterocycles. The molecule has 0 aromatic carbocycles. The Morgan fingerprint density at radius 1 is 1.25 bits per heavy atom. The minimum absolute atomic E-state index is 0.247. The molecule has 0 saturated carbocycles. The van der Waals surface area contributed by atoms with Crippen LogP contribution in [0.15, 0.2) is 41.3 Å². The van der Waals surface area contributed by atoms with Gasteiger partial charge >= 0.3 is 0 Å². The molecule has 0 radical (unpaired) electrons. The van der Waals surface area contributed by atoms with Gasteiger partial charge in [0, 0.05) is 16.7 Å². The van der Waals surface area contributed by atoms with E-state index in [0.29, 0.717) is 11.5 Å². The van der Waals surface area contributed by atoms with Crippen LogP contribution in [0.3, 0.4) is 0 Å². The second kappa shape index (κ2) is 7.36. The molecule has 20 heavy (non-hydrogen) atoms. The minimum atomic E-state index is 0.247. The molecule has 2 rings (SSSR count). The average Bonchev–Trinajstić information content (AvgIpc) is 2.45. The van der Waals surface area contributed by atoms with Gasteiger partial charge in [0.15, 0.2) is 0 Å². The summed E-state index contributed by atoms with van der Waals surface area (Å²) in [4.78, 5) is 8.49. The van der Waals surface area contributed by atoms with E-state index in [9.17, 15) is 0 Å². The van der Waals surface area contributed by atoms with E-state index >= 15 is 0 Å². The van der Waals surface area contributed by atoms with E-state index in [1.165, 1.54) is 0 Å². The molecule has 4 nitrogen and oxygen atoms in total. The van der Waals surface area contributed by atoms with Crippen LogP contribution in [0.1, 0.15) is 32.0 Å². The van der Waals surface area contributed by atoms with E-state index in [4.69, 9.17) is 4.74 Å². The van der Waals surface area contributed by atoms with E-state index in [1.807, 2.05) is 18.2 Å². The zero-order valence-corrected chi connectivity index (χ0v) is 13.2. The number of rotatable bonds is 6. The molecule has 2 aromatic rings.